The summed E-state index contributed by atoms with van der Waals surface area (Å²) in [5.74, 6) is -0.804. The molecule has 160 valence electrons. The molecule has 0 unspecified atom stereocenters. The van der Waals surface area contributed by atoms with Crippen molar-refractivity contribution in [3.05, 3.63) is 78.7 Å². The number of nitro groups is 1. The molecule has 1 fully saturated rings. The average Bonchev–Trinajstić information content (AvgIpc) is 2.96. The lowest BCUT2D eigenvalue weighted by molar-refractivity contribution is -0.384. The van der Waals surface area contributed by atoms with E-state index in [1.54, 1.807) is 6.07 Å². The summed E-state index contributed by atoms with van der Waals surface area (Å²) in [5.41, 5.74) is 2.51. The first-order valence-electron chi connectivity index (χ1n) is 9.22. The zero-order chi connectivity index (χ0) is 22.7. The second kappa shape index (κ2) is 9.32. The van der Waals surface area contributed by atoms with Gasteiger partial charge in [-0.05, 0) is 54.9 Å². The second-order valence-electron chi connectivity index (χ2n) is 6.88. The lowest BCUT2D eigenvalue weighted by Gasteiger charge is -2.13. The molecule has 1 aliphatic rings. The van der Waals surface area contributed by atoms with E-state index in [1.807, 2.05) is 26.0 Å². The number of nitrogens with zero attached hydrogens (tertiary/aromatic N) is 2. The molecule has 2 aromatic rings. The third-order valence-electron chi connectivity index (χ3n) is 4.59. The molecule has 1 saturated heterocycles. The highest BCUT2D eigenvalue weighted by Gasteiger charge is 2.34. The van der Waals surface area contributed by atoms with Crippen molar-refractivity contribution in [3.8, 4) is 0 Å². The molecule has 2 aromatic carbocycles. The number of aryl methyl sites for hydroxylation is 2. The summed E-state index contributed by atoms with van der Waals surface area (Å²) in [6.45, 7) is 3.89. The van der Waals surface area contributed by atoms with Gasteiger partial charge in [-0.1, -0.05) is 35.4 Å². The molecule has 0 saturated carbocycles. The lowest BCUT2D eigenvalue weighted by Crippen LogP contribution is -2.37. The Morgan fingerprint density at radius 3 is 2.65 bits per heavy atom. The number of carbonyl (C=O) groups excluding carboxylic acids is 3. The molecular weight excluding hydrogens is 442 g/mol. The summed E-state index contributed by atoms with van der Waals surface area (Å²) in [5, 5.41) is 13.2. The summed E-state index contributed by atoms with van der Waals surface area (Å²) in [7, 11) is 0. The van der Waals surface area contributed by atoms with E-state index in [4.69, 9.17) is 11.6 Å². The Kier molecular flexibility index (Phi) is 6.77. The van der Waals surface area contributed by atoms with Crippen LogP contribution in [0.4, 0.5) is 10.5 Å². The quantitative estimate of drug-likeness (QED) is 0.391. The van der Waals surface area contributed by atoms with Crippen LogP contribution in [0.25, 0.3) is 6.08 Å². The van der Waals surface area contributed by atoms with Gasteiger partial charge >= 0.3 is 0 Å². The summed E-state index contributed by atoms with van der Waals surface area (Å²) < 4.78 is 0. The van der Waals surface area contributed by atoms with Gasteiger partial charge in [-0.2, -0.15) is 0 Å². The summed E-state index contributed by atoms with van der Waals surface area (Å²) >= 11 is 6.53. The van der Waals surface area contributed by atoms with Gasteiger partial charge in [0.05, 0.1) is 9.83 Å². The number of rotatable bonds is 6. The van der Waals surface area contributed by atoms with Crippen molar-refractivity contribution >= 4 is 52.2 Å². The van der Waals surface area contributed by atoms with E-state index >= 15 is 0 Å². The number of nitrogens with one attached hydrogen (secondary N) is 1. The smallest absolute Gasteiger partial charge is 0.293 e. The van der Waals surface area contributed by atoms with E-state index in [1.165, 1.54) is 24.3 Å². The number of amides is 3. The van der Waals surface area contributed by atoms with E-state index in [2.05, 4.69) is 5.32 Å². The van der Waals surface area contributed by atoms with Crippen molar-refractivity contribution in [2.24, 2.45) is 0 Å². The highest BCUT2D eigenvalue weighted by molar-refractivity contribution is 8.18. The van der Waals surface area contributed by atoms with Crippen LogP contribution < -0.4 is 5.32 Å². The normalized spacial score (nSPS) is 14.9. The fraction of sp³-hybridized carbons (Fsp3) is 0.190. The molecule has 8 nitrogen and oxygen atoms in total. The maximum Gasteiger partial charge on any atom is 0.293 e. The third kappa shape index (κ3) is 5.12. The summed E-state index contributed by atoms with van der Waals surface area (Å²) in [4.78, 5) is 48.8. The van der Waals surface area contributed by atoms with Crippen molar-refractivity contribution in [2.75, 3.05) is 13.1 Å². The molecule has 0 atom stereocenters. The fourth-order valence-electron chi connectivity index (χ4n) is 3.05. The lowest BCUT2D eigenvalue weighted by atomic mass is 10.1. The number of hydrogen-bond acceptors (Lipinski definition) is 6. The Morgan fingerprint density at radius 1 is 1.23 bits per heavy atom. The van der Waals surface area contributed by atoms with E-state index < -0.39 is 16.1 Å². The highest BCUT2D eigenvalue weighted by atomic mass is 35.5. The van der Waals surface area contributed by atoms with Crippen LogP contribution in [0.5, 0.6) is 0 Å². The first kappa shape index (κ1) is 22.5. The minimum absolute atomic E-state index is 0.0133. The van der Waals surface area contributed by atoms with E-state index in [0.29, 0.717) is 11.1 Å². The van der Waals surface area contributed by atoms with Crippen LogP contribution in [-0.4, -0.2) is 40.0 Å². The highest BCUT2D eigenvalue weighted by Crippen LogP contribution is 2.33. The van der Waals surface area contributed by atoms with Crippen LogP contribution in [-0.2, 0) is 4.79 Å². The maximum atomic E-state index is 12.6. The molecule has 3 rings (SSSR count). The van der Waals surface area contributed by atoms with Gasteiger partial charge in [0, 0.05) is 24.7 Å². The molecular formula is C21H18ClN3O5S. The predicted molar refractivity (Wildman–Crippen MR) is 119 cm³/mol. The van der Waals surface area contributed by atoms with Gasteiger partial charge < -0.3 is 5.32 Å². The van der Waals surface area contributed by atoms with Gasteiger partial charge in [-0.15, -0.1) is 0 Å². The zero-order valence-electron chi connectivity index (χ0n) is 16.7. The van der Waals surface area contributed by atoms with E-state index in [9.17, 15) is 24.5 Å². The summed E-state index contributed by atoms with van der Waals surface area (Å²) in [6.07, 6.45) is 1.41. The van der Waals surface area contributed by atoms with Gasteiger partial charge in [0.1, 0.15) is 5.02 Å². The number of imide groups is 1. The summed E-state index contributed by atoms with van der Waals surface area (Å²) in [6, 6.07) is 9.59. The van der Waals surface area contributed by atoms with E-state index in [0.717, 1.165) is 27.8 Å². The Morgan fingerprint density at radius 2 is 1.97 bits per heavy atom. The minimum Gasteiger partial charge on any atom is -0.350 e. The van der Waals surface area contributed by atoms with Gasteiger partial charge in [-0.25, -0.2) is 0 Å². The number of thioether (sulfide) groups is 1. The van der Waals surface area contributed by atoms with Crippen LogP contribution in [0.3, 0.4) is 0 Å². The Bertz CT molecular complexity index is 1130. The molecule has 10 heteroatoms. The zero-order valence-corrected chi connectivity index (χ0v) is 18.2. The first-order chi connectivity index (χ1) is 14.7. The molecule has 31 heavy (non-hydrogen) atoms. The van der Waals surface area contributed by atoms with Crippen LogP contribution in [0.1, 0.15) is 27.0 Å². The van der Waals surface area contributed by atoms with Gasteiger partial charge in [0.25, 0.3) is 22.7 Å². The molecule has 0 radical (unpaired) electrons. The average molecular weight is 460 g/mol. The molecule has 1 heterocycles. The molecule has 0 aromatic heterocycles. The minimum atomic E-state index is -0.621. The molecule has 1 aliphatic heterocycles. The Hall–Kier alpha value is -3.17. The van der Waals surface area contributed by atoms with Crippen LogP contribution in [0, 0.1) is 24.0 Å². The Labute approximate surface area is 187 Å². The van der Waals surface area contributed by atoms with E-state index in [-0.39, 0.29) is 34.6 Å². The van der Waals surface area contributed by atoms with Crippen molar-refractivity contribution in [2.45, 2.75) is 13.8 Å². The predicted octanol–water partition coefficient (Wildman–Crippen LogP) is 4.33. The first-order valence-corrected chi connectivity index (χ1v) is 10.4. The van der Waals surface area contributed by atoms with Crippen LogP contribution in [0.2, 0.25) is 5.02 Å². The van der Waals surface area contributed by atoms with Crippen molar-refractivity contribution in [1.29, 1.82) is 0 Å². The molecule has 0 aliphatic carbocycles. The van der Waals surface area contributed by atoms with Gasteiger partial charge in [0.2, 0.25) is 0 Å². The molecule has 1 N–H and O–H groups in total. The number of halogens is 1. The third-order valence-corrected chi connectivity index (χ3v) is 5.81. The largest absolute Gasteiger partial charge is 0.350 e. The number of benzene rings is 2. The molecule has 0 bridgehead atoms. The SMILES string of the molecule is Cc1ccc(C(=O)NCCN2C(=O)S/C(=C/c3ccc(Cl)c([N+](=O)[O-])c3)C2=O)c(C)c1. The number of hydrogen-bond donors (Lipinski definition) is 1. The van der Waals surface area contributed by atoms with Crippen LogP contribution >= 0.6 is 23.4 Å². The topological polar surface area (TPSA) is 110 Å². The standard InChI is InChI=1S/C21H18ClN3O5S/c1-12-3-5-15(13(2)9-12)19(26)23-7-8-24-20(27)18(31-21(24)28)11-14-4-6-16(22)17(10-14)25(29)30/h3-6,9-11H,7-8H2,1-2H3,(H,23,26)/b18-11+. The Balaban J connectivity index is 1.65. The number of carbonyl (C=O) groups is 3. The van der Waals surface area contributed by atoms with Gasteiger partial charge in [-0.3, -0.25) is 29.4 Å². The monoisotopic (exact) mass is 459 g/mol. The second-order valence-corrected chi connectivity index (χ2v) is 8.28. The van der Waals surface area contributed by atoms with Crippen molar-refractivity contribution in [1.82, 2.24) is 10.2 Å². The molecule has 3 amide bonds. The van der Waals surface area contributed by atoms with Crippen molar-refractivity contribution < 1.29 is 19.3 Å². The van der Waals surface area contributed by atoms with Crippen LogP contribution in [0.15, 0.2) is 41.3 Å². The van der Waals surface area contributed by atoms with Crippen molar-refractivity contribution in [3.63, 3.8) is 0 Å². The fourth-order valence-corrected chi connectivity index (χ4v) is 4.10. The maximum absolute atomic E-state index is 12.6. The van der Waals surface area contributed by atoms with Gasteiger partial charge in [0.15, 0.2) is 0 Å². The molecule has 0 spiro atoms. The number of nitro benzene ring substituents is 1.